The minimum Gasteiger partial charge on any atom is -0.465 e. The first-order valence-corrected chi connectivity index (χ1v) is 14.2. The number of rotatable bonds is 10. The number of pyridine rings is 2. The number of methoxy groups -OCH3 is 1. The van der Waals surface area contributed by atoms with Gasteiger partial charge in [-0.05, 0) is 75.0 Å². The molecule has 2 saturated carbocycles. The molecule has 0 bridgehead atoms. The van der Waals surface area contributed by atoms with E-state index in [4.69, 9.17) is 26.1 Å². The third-order valence-corrected chi connectivity index (χ3v) is 8.51. The van der Waals surface area contributed by atoms with Crippen molar-refractivity contribution in [1.29, 1.82) is 0 Å². The number of thioether (sulfide) groups is 1. The number of anilines is 1. The summed E-state index contributed by atoms with van der Waals surface area (Å²) in [4.78, 5) is 34.4. The van der Waals surface area contributed by atoms with Crippen LogP contribution in [0.2, 0.25) is 5.02 Å². The maximum atomic E-state index is 13.6. The Morgan fingerprint density at radius 3 is 2.56 bits per heavy atom. The number of nitrogens with zero attached hydrogens (tertiary/aromatic N) is 3. The van der Waals surface area contributed by atoms with E-state index in [1.807, 2.05) is 23.0 Å². The summed E-state index contributed by atoms with van der Waals surface area (Å²) >= 11 is 7.99. The first-order chi connectivity index (χ1) is 17.4. The van der Waals surface area contributed by atoms with Crippen LogP contribution in [0.4, 0.5) is 5.82 Å². The number of aromatic nitrogens is 2. The van der Waals surface area contributed by atoms with Gasteiger partial charge in [0.2, 0.25) is 0 Å². The summed E-state index contributed by atoms with van der Waals surface area (Å²) in [5, 5.41) is 1.54. The summed E-state index contributed by atoms with van der Waals surface area (Å²) in [6, 6.07) is 7.28. The highest BCUT2D eigenvalue weighted by Crippen LogP contribution is 2.37. The highest BCUT2D eigenvalue weighted by atomic mass is 35.5. The van der Waals surface area contributed by atoms with Crippen LogP contribution in [-0.2, 0) is 20.8 Å². The van der Waals surface area contributed by atoms with Crippen molar-refractivity contribution in [3.05, 3.63) is 39.5 Å². The fraction of sp³-hybridized carbons (Fsp3) is 0.519. The molecule has 0 atom stereocenters. The van der Waals surface area contributed by atoms with Crippen LogP contribution < -0.4 is 10.3 Å². The van der Waals surface area contributed by atoms with Crippen molar-refractivity contribution in [1.82, 2.24) is 9.55 Å². The van der Waals surface area contributed by atoms with Crippen LogP contribution in [0.3, 0.4) is 0 Å². The zero-order chi connectivity index (χ0) is 25.4. The molecule has 0 amide bonds. The Hall–Kier alpha value is -2.29. The van der Waals surface area contributed by atoms with E-state index in [1.165, 1.54) is 24.6 Å². The first kappa shape index (κ1) is 25.4. The normalized spacial score (nSPS) is 19.4. The molecule has 0 spiro atoms. The number of benzene rings is 1. The van der Waals surface area contributed by atoms with Crippen LogP contribution in [0.1, 0.15) is 32.6 Å². The lowest BCUT2D eigenvalue weighted by Gasteiger charge is -2.38. The molecule has 9 heteroatoms. The standard InChI is InChI=1S/C27H32ClN3O4S/c1-4-35-23(32)15-31-24-19(7-9-21(28)26(24)36-3)25(33)20-8-10-22(29-27(20)31)30(13-16-5-6-16)14-17-11-18(12-17)34-2/h7-10,16-18H,4-6,11-15H2,1-3H3. The topological polar surface area (TPSA) is 73.7 Å². The molecular formula is C27H32ClN3O4S. The molecule has 2 fully saturated rings. The molecule has 2 aliphatic rings. The monoisotopic (exact) mass is 529 g/mol. The van der Waals surface area contributed by atoms with E-state index < -0.39 is 0 Å². The average Bonchev–Trinajstić information content (AvgIpc) is 3.66. The van der Waals surface area contributed by atoms with Gasteiger partial charge in [-0.15, -0.1) is 11.8 Å². The Labute approximate surface area is 220 Å². The van der Waals surface area contributed by atoms with Crippen molar-refractivity contribution < 1.29 is 14.3 Å². The maximum absolute atomic E-state index is 13.6. The number of fused-ring (bicyclic) bond motifs is 2. The molecule has 0 aliphatic heterocycles. The Kier molecular flexibility index (Phi) is 7.47. The van der Waals surface area contributed by atoms with Gasteiger partial charge in [-0.25, -0.2) is 4.98 Å². The van der Waals surface area contributed by atoms with Crippen molar-refractivity contribution in [2.45, 2.75) is 50.2 Å². The molecule has 2 heterocycles. The van der Waals surface area contributed by atoms with Gasteiger partial charge in [0.15, 0.2) is 5.43 Å². The van der Waals surface area contributed by atoms with Gasteiger partial charge in [0, 0.05) is 25.6 Å². The molecule has 3 aromatic rings. The lowest BCUT2D eigenvalue weighted by atomic mass is 9.82. The van der Waals surface area contributed by atoms with E-state index in [1.54, 1.807) is 26.2 Å². The zero-order valence-corrected chi connectivity index (χ0v) is 22.5. The third kappa shape index (κ3) is 4.95. The summed E-state index contributed by atoms with van der Waals surface area (Å²) < 4.78 is 12.6. The molecule has 2 aliphatic carbocycles. The second-order valence-electron chi connectivity index (χ2n) is 9.78. The lowest BCUT2D eigenvalue weighted by Crippen LogP contribution is -2.40. The van der Waals surface area contributed by atoms with Gasteiger partial charge in [-0.1, -0.05) is 11.6 Å². The Morgan fingerprint density at radius 2 is 1.89 bits per heavy atom. The number of esters is 1. The van der Waals surface area contributed by atoms with Gasteiger partial charge in [-0.2, -0.15) is 0 Å². The second-order valence-corrected chi connectivity index (χ2v) is 11.0. The van der Waals surface area contributed by atoms with Crippen molar-refractivity contribution >= 4 is 57.1 Å². The molecule has 7 nitrogen and oxygen atoms in total. The fourth-order valence-electron chi connectivity index (χ4n) is 5.13. The molecule has 192 valence electrons. The average molecular weight is 530 g/mol. The van der Waals surface area contributed by atoms with Crippen LogP contribution in [0.25, 0.3) is 21.9 Å². The molecular weight excluding hydrogens is 498 g/mol. The molecule has 36 heavy (non-hydrogen) atoms. The van der Waals surface area contributed by atoms with Gasteiger partial charge in [0.1, 0.15) is 18.0 Å². The Bertz CT molecular complexity index is 1350. The number of halogens is 1. The minimum absolute atomic E-state index is 0.0494. The Morgan fingerprint density at radius 1 is 1.17 bits per heavy atom. The number of hydrogen-bond acceptors (Lipinski definition) is 7. The van der Waals surface area contributed by atoms with E-state index >= 15 is 0 Å². The second kappa shape index (κ2) is 10.6. The molecule has 2 aromatic heterocycles. The van der Waals surface area contributed by atoms with Gasteiger partial charge in [-0.3, -0.25) is 9.59 Å². The molecule has 0 unspecified atom stereocenters. The van der Waals surface area contributed by atoms with E-state index in [-0.39, 0.29) is 24.5 Å². The smallest absolute Gasteiger partial charge is 0.326 e. The highest BCUT2D eigenvalue weighted by Gasteiger charge is 2.33. The molecule has 0 radical (unpaired) electrons. The van der Waals surface area contributed by atoms with Crippen LogP contribution in [0, 0.1) is 11.8 Å². The van der Waals surface area contributed by atoms with Crippen molar-refractivity contribution in [3.8, 4) is 0 Å². The van der Waals surface area contributed by atoms with Crippen molar-refractivity contribution in [2.24, 2.45) is 11.8 Å². The van der Waals surface area contributed by atoms with E-state index in [0.29, 0.717) is 44.9 Å². The van der Waals surface area contributed by atoms with Crippen LogP contribution >= 0.6 is 23.4 Å². The number of carbonyl (C=O) groups excluding carboxylic acids is 1. The van der Waals surface area contributed by atoms with Gasteiger partial charge < -0.3 is 18.9 Å². The molecule has 0 saturated heterocycles. The first-order valence-electron chi connectivity index (χ1n) is 12.6. The van der Waals surface area contributed by atoms with Crippen LogP contribution in [-0.4, -0.2) is 54.7 Å². The summed E-state index contributed by atoms with van der Waals surface area (Å²) in [6.07, 6.45) is 6.85. The zero-order valence-electron chi connectivity index (χ0n) is 21.0. The van der Waals surface area contributed by atoms with Gasteiger partial charge in [0.05, 0.1) is 33.5 Å². The summed E-state index contributed by atoms with van der Waals surface area (Å²) in [5.74, 6) is 1.70. The van der Waals surface area contributed by atoms with E-state index in [9.17, 15) is 9.59 Å². The predicted octanol–water partition coefficient (Wildman–Crippen LogP) is 5.13. The highest BCUT2D eigenvalue weighted by molar-refractivity contribution is 7.99. The number of carbonyl (C=O) groups is 1. The fourth-order valence-corrected chi connectivity index (χ4v) is 6.19. The number of ether oxygens (including phenoxy) is 2. The SMILES string of the molecule is CCOC(=O)Cn1c2nc(N(CC3CC3)CC3CC(OC)C3)ccc2c(=O)c2ccc(Cl)c(SC)c21. The van der Waals surface area contributed by atoms with Crippen LogP contribution in [0.5, 0.6) is 0 Å². The summed E-state index contributed by atoms with van der Waals surface area (Å²) in [5.41, 5.74) is 1.00. The van der Waals surface area contributed by atoms with Crippen molar-refractivity contribution in [2.75, 3.05) is 38.0 Å². The Balaban J connectivity index is 1.65. The maximum Gasteiger partial charge on any atom is 0.326 e. The molecule has 1 aromatic carbocycles. The minimum atomic E-state index is -0.377. The summed E-state index contributed by atoms with van der Waals surface area (Å²) in [6.45, 7) is 3.87. The largest absolute Gasteiger partial charge is 0.465 e. The van der Waals surface area contributed by atoms with Crippen molar-refractivity contribution in [3.63, 3.8) is 0 Å². The van der Waals surface area contributed by atoms with E-state index in [0.717, 1.165) is 36.6 Å². The van der Waals surface area contributed by atoms with Crippen LogP contribution in [0.15, 0.2) is 34.0 Å². The third-order valence-electron chi connectivity index (χ3n) is 7.26. The number of hydrogen-bond donors (Lipinski definition) is 0. The molecule has 5 rings (SSSR count). The predicted molar refractivity (Wildman–Crippen MR) is 145 cm³/mol. The molecule has 0 N–H and O–H groups in total. The van der Waals surface area contributed by atoms with E-state index in [2.05, 4.69) is 4.90 Å². The van der Waals surface area contributed by atoms with Gasteiger partial charge in [0.25, 0.3) is 0 Å². The quantitative estimate of drug-likeness (QED) is 0.205. The lowest BCUT2D eigenvalue weighted by molar-refractivity contribution is -0.143. The summed E-state index contributed by atoms with van der Waals surface area (Å²) in [7, 11) is 1.77. The van der Waals surface area contributed by atoms with Gasteiger partial charge >= 0.3 is 5.97 Å².